The minimum Gasteiger partial charge on any atom is -0.460 e. The third kappa shape index (κ3) is 5.07. The minimum absolute atomic E-state index is 0.0280. The van der Waals surface area contributed by atoms with Crippen LogP contribution in [0.25, 0.3) is 0 Å². The molecule has 0 heterocycles. The zero-order valence-electron chi connectivity index (χ0n) is 12.2. The van der Waals surface area contributed by atoms with Gasteiger partial charge in [-0.15, -0.1) is 0 Å². The van der Waals surface area contributed by atoms with Gasteiger partial charge in [0.1, 0.15) is 5.60 Å². The molecule has 18 heavy (non-hydrogen) atoms. The smallest absolute Gasteiger partial charge is 0.306 e. The Morgan fingerprint density at radius 2 is 1.83 bits per heavy atom. The predicted octanol–water partition coefficient (Wildman–Crippen LogP) is 2.37. The van der Waals surface area contributed by atoms with Gasteiger partial charge in [-0.2, -0.15) is 0 Å². The van der Waals surface area contributed by atoms with Crippen molar-refractivity contribution >= 4 is 11.9 Å². The number of esters is 1. The lowest BCUT2D eigenvalue weighted by Gasteiger charge is -2.25. The summed E-state index contributed by atoms with van der Waals surface area (Å²) in [4.78, 5) is 25.2. The van der Waals surface area contributed by atoms with E-state index >= 15 is 0 Å². The number of nitrogens with zero attached hydrogens (tertiary/aromatic N) is 1. The number of hydrogen-bond acceptors (Lipinski definition) is 3. The Morgan fingerprint density at radius 1 is 1.28 bits per heavy atom. The first-order chi connectivity index (χ1) is 8.20. The molecule has 0 aromatic carbocycles. The second-order valence-corrected chi connectivity index (χ2v) is 6.17. The van der Waals surface area contributed by atoms with Crippen LogP contribution in [0.15, 0.2) is 0 Å². The van der Waals surface area contributed by atoms with Gasteiger partial charge in [0.2, 0.25) is 5.91 Å². The quantitative estimate of drug-likeness (QED) is 0.708. The highest BCUT2D eigenvalue weighted by Crippen LogP contribution is 2.34. The Hall–Kier alpha value is -1.06. The second kappa shape index (κ2) is 5.72. The molecule has 1 saturated carbocycles. The van der Waals surface area contributed by atoms with Crippen molar-refractivity contribution in [2.45, 2.75) is 65.0 Å². The fourth-order valence-corrected chi connectivity index (χ4v) is 1.90. The largest absolute Gasteiger partial charge is 0.460 e. The fourth-order valence-electron chi connectivity index (χ4n) is 1.90. The maximum Gasteiger partial charge on any atom is 0.306 e. The summed E-state index contributed by atoms with van der Waals surface area (Å²) in [6, 6.07) is 0.288. The monoisotopic (exact) mass is 255 g/mol. The maximum atomic E-state index is 11.9. The molecule has 0 N–H and O–H groups in total. The minimum atomic E-state index is -0.479. The van der Waals surface area contributed by atoms with Crippen molar-refractivity contribution in [2.24, 2.45) is 5.92 Å². The summed E-state index contributed by atoms with van der Waals surface area (Å²) in [5.41, 5.74) is -0.479. The van der Waals surface area contributed by atoms with Crippen LogP contribution in [0.1, 0.15) is 53.4 Å². The van der Waals surface area contributed by atoms with E-state index in [0.717, 1.165) is 0 Å². The molecule has 0 spiro atoms. The summed E-state index contributed by atoms with van der Waals surface area (Å²) >= 11 is 0. The van der Waals surface area contributed by atoms with Crippen LogP contribution in [0, 0.1) is 5.92 Å². The lowest BCUT2D eigenvalue weighted by molar-refractivity contribution is -0.156. The number of amides is 1. The average Bonchev–Trinajstić information content (AvgIpc) is 3.05. The van der Waals surface area contributed by atoms with Crippen molar-refractivity contribution in [2.75, 3.05) is 7.05 Å². The van der Waals surface area contributed by atoms with Crippen molar-refractivity contribution in [3.63, 3.8) is 0 Å². The third-order valence-electron chi connectivity index (χ3n) is 3.27. The van der Waals surface area contributed by atoms with Gasteiger partial charge in [0.15, 0.2) is 0 Å². The molecule has 1 unspecified atom stereocenters. The van der Waals surface area contributed by atoms with Gasteiger partial charge in [-0.05, 0) is 46.5 Å². The second-order valence-electron chi connectivity index (χ2n) is 6.17. The van der Waals surface area contributed by atoms with Gasteiger partial charge in [-0.1, -0.05) is 0 Å². The molecule has 0 bridgehead atoms. The van der Waals surface area contributed by atoms with Crippen LogP contribution >= 0.6 is 0 Å². The first-order valence-electron chi connectivity index (χ1n) is 6.68. The van der Waals surface area contributed by atoms with Crippen molar-refractivity contribution < 1.29 is 14.3 Å². The van der Waals surface area contributed by atoms with E-state index in [1.807, 2.05) is 27.8 Å². The van der Waals surface area contributed by atoms with E-state index in [-0.39, 0.29) is 30.8 Å². The van der Waals surface area contributed by atoms with Crippen LogP contribution in [0.2, 0.25) is 0 Å². The number of ether oxygens (including phenoxy) is 1. The molecule has 0 saturated heterocycles. The van der Waals surface area contributed by atoms with Crippen LogP contribution in [0.5, 0.6) is 0 Å². The van der Waals surface area contributed by atoms with Gasteiger partial charge in [-0.3, -0.25) is 9.59 Å². The molecule has 1 rings (SSSR count). The van der Waals surface area contributed by atoms with Crippen LogP contribution in [-0.4, -0.2) is 35.5 Å². The molecule has 1 amide bonds. The molecule has 0 aromatic heterocycles. The molecular weight excluding hydrogens is 230 g/mol. The van der Waals surface area contributed by atoms with Crippen molar-refractivity contribution in [3.8, 4) is 0 Å². The van der Waals surface area contributed by atoms with Gasteiger partial charge in [0.25, 0.3) is 0 Å². The lowest BCUT2D eigenvalue weighted by atomic mass is 10.1. The molecular formula is C14H25NO3. The predicted molar refractivity (Wildman–Crippen MR) is 70.0 cm³/mol. The molecule has 0 aliphatic heterocycles. The zero-order chi connectivity index (χ0) is 13.9. The Balaban J connectivity index is 2.29. The molecule has 4 heteroatoms. The van der Waals surface area contributed by atoms with Gasteiger partial charge in [0.05, 0.1) is 6.42 Å². The first-order valence-corrected chi connectivity index (χ1v) is 6.68. The van der Waals surface area contributed by atoms with E-state index in [0.29, 0.717) is 5.92 Å². The summed E-state index contributed by atoms with van der Waals surface area (Å²) in [5, 5.41) is 0. The Morgan fingerprint density at radius 3 is 2.28 bits per heavy atom. The SMILES string of the molecule is CC(C1CC1)N(C)C(=O)CCC(=O)OC(C)(C)C. The molecule has 4 nitrogen and oxygen atoms in total. The molecule has 1 atom stereocenters. The van der Waals surface area contributed by atoms with E-state index in [9.17, 15) is 9.59 Å². The summed E-state index contributed by atoms with van der Waals surface area (Å²) in [6.45, 7) is 7.55. The number of carbonyl (C=O) groups excluding carboxylic acids is 2. The molecule has 0 aromatic rings. The highest BCUT2D eigenvalue weighted by Gasteiger charge is 2.32. The van der Waals surface area contributed by atoms with Gasteiger partial charge in [0, 0.05) is 19.5 Å². The molecule has 104 valence electrons. The molecule has 1 fully saturated rings. The molecule has 0 radical (unpaired) electrons. The number of rotatable bonds is 5. The highest BCUT2D eigenvalue weighted by molar-refractivity contribution is 5.81. The van der Waals surface area contributed by atoms with E-state index < -0.39 is 5.60 Å². The fraction of sp³-hybridized carbons (Fsp3) is 0.857. The Bertz CT molecular complexity index is 315. The molecule has 1 aliphatic carbocycles. The van der Waals surface area contributed by atoms with Crippen LogP contribution in [0.4, 0.5) is 0 Å². The van der Waals surface area contributed by atoms with E-state index in [2.05, 4.69) is 6.92 Å². The Kier molecular flexibility index (Phi) is 4.77. The van der Waals surface area contributed by atoms with E-state index in [1.165, 1.54) is 12.8 Å². The zero-order valence-corrected chi connectivity index (χ0v) is 12.2. The number of carbonyl (C=O) groups is 2. The summed E-state index contributed by atoms with van der Waals surface area (Å²) in [7, 11) is 1.82. The van der Waals surface area contributed by atoms with Crippen LogP contribution in [-0.2, 0) is 14.3 Å². The average molecular weight is 255 g/mol. The summed E-state index contributed by atoms with van der Waals surface area (Å²) < 4.78 is 5.18. The summed E-state index contributed by atoms with van der Waals surface area (Å²) in [6.07, 6.45) is 2.83. The first kappa shape index (κ1) is 15.0. The highest BCUT2D eigenvalue weighted by atomic mass is 16.6. The van der Waals surface area contributed by atoms with Crippen LogP contribution in [0.3, 0.4) is 0 Å². The van der Waals surface area contributed by atoms with E-state index in [1.54, 1.807) is 4.90 Å². The molecule has 1 aliphatic rings. The van der Waals surface area contributed by atoms with Crippen molar-refractivity contribution in [3.05, 3.63) is 0 Å². The van der Waals surface area contributed by atoms with Crippen molar-refractivity contribution in [1.29, 1.82) is 0 Å². The number of hydrogen-bond donors (Lipinski definition) is 0. The Labute approximate surface area is 110 Å². The topological polar surface area (TPSA) is 46.6 Å². The van der Waals surface area contributed by atoms with Gasteiger partial charge < -0.3 is 9.64 Å². The normalized spacial score (nSPS) is 17.2. The summed E-state index contributed by atoms with van der Waals surface area (Å²) in [5.74, 6) is 0.379. The third-order valence-corrected chi connectivity index (χ3v) is 3.27. The van der Waals surface area contributed by atoms with Gasteiger partial charge in [-0.25, -0.2) is 0 Å². The van der Waals surface area contributed by atoms with Crippen molar-refractivity contribution in [1.82, 2.24) is 4.90 Å². The maximum absolute atomic E-state index is 11.9. The lowest BCUT2D eigenvalue weighted by Crippen LogP contribution is -2.36. The standard InChI is InChI=1S/C14H25NO3/c1-10(11-6-7-11)15(5)12(16)8-9-13(17)18-14(2,3)4/h10-11H,6-9H2,1-5H3. The van der Waals surface area contributed by atoms with Crippen LogP contribution < -0.4 is 0 Å². The van der Waals surface area contributed by atoms with E-state index in [4.69, 9.17) is 4.74 Å². The van der Waals surface area contributed by atoms with Gasteiger partial charge >= 0.3 is 5.97 Å².